The van der Waals surface area contributed by atoms with Gasteiger partial charge in [-0.1, -0.05) is 5.16 Å². The second kappa shape index (κ2) is 4.67. The van der Waals surface area contributed by atoms with Crippen LogP contribution < -0.4 is 0 Å². The van der Waals surface area contributed by atoms with Gasteiger partial charge in [0.2, 0.25) is 0 Å². The minimum atomic E-state index is -0.457. The molecule has 0 radical (unpaired) electrons. The number of H-pyrrole nitrogens is 1. The SMILES string of the molecule is CC1(C)OCc2c(C(=O)OCc3conc3C3CC3)n[nH]c21. The molecule has 1 saturated carbocycles. The smallest absolute Gasteiger partial charge is 0.359 e. The summed E-state index contributed by atoms with van der Waals surface area (Å²) in [5.41, 5.74) is 3.20. The Morgan fingerprint density at radius 3 is 3.09 bits per heavy atom. The van der Waals surface area contributed by atoms with E-state index < -0.39 is 11.6 Å². The van der Waals surface area contributed by atoms with E-state index in [0.29, 0.717) is 18.2 Å². The lowest BCUT2D eigenvalue weighted by molar-refractivity contribution is -0.0117. The van der Waals surface area contributed by atoms with Crippen molar-refractivity contribution in [3.8, 4) is 0 Å². The van der Waals surface area contributed by atoms with Gasteiger partial charge in [0, 0.05) is 11.5 Å². The summed E-state index contributed by atoms with van der Waals surface area (Å²) in [6.07, 6.45) is 3.78. The molecule has 0 amide bonds. The normalized spacial score (nSPS) is 19.2. The summed E-state index contributed by atoms with van der Waals surface area (Å²) < 4.78 is 16.0. The molecular weight excluding hydrogens is 286 g/mol. The van der Waals surface area contributed by atoms with Crippen LogP contribution in [0.2, 0.25) is 0 Å². The van der Waals surface area contributed by atoms with Crippen molar-refractivity contribution in [3.05, 3.63) is 34.5 Å². The Morgan fingerprint density at radius 1 is 1.50 bits per heavy atom. The third-order valence-corrected chi connectivity index (χ3v) is 4.24. The van der Waals surface area contributed by atoms with Crippen LogP contribution in [0.3, 0.4) is 0 Å². The molecule has 1 fully saturated rings. The molecule has 0 unspecified atom stereocenters. The molecule has 0 aromatic carbocycles. The number of esters is 1. The van der Waals surface area contributed by atoms with Gasteiger partial charge in [0.1, 0.15) is 18.5 Å². The van der Waals surface area contributed by atoms with Gasteiger partial charge in [0.25, 0.3) is 0 Å². The molecule has 116 valence electrons. The minimum Gasteiger partial charge on any atom is -0.456 e. The average Bonchev–Trinajstić information content (AvgIpc) is 2.96. The molecular formula is C15H17N3O4. The summed E-state index contributed by atoms with van der Waals surface area (Å²) in [5.74, 6) is -0.00183. The van der Waals surface area contributed by atoms with Crippen LogP contribution in [0.4, 0.5) is 0 Å². The molecule has 1 aliphatic carbocycles. The predicted molar refractivity (Wildman–Crippen MR) is 74.0 cm³/mol. The van der Waals surface area contributed by atoms with Crippen molar-refractivity contribution in [2.45, 2.75) is 51.4 Å². The predicted octanol–water partition coefficient (Wildman–Crippen LogP) is 2.40. The van der Waals surface area contributed by atoms with Crippen LogP contribution in [0.15, 0.2) is 10.8 Å². The van der Waals surface area contributed by atoms with Gasteiger partial charge < -0.3 is 14.0 Å². The first kappa shape index (κ1) is 13.5. The Labute approximate surface area is 127 Å². The van der Waals surface area contributed by atoms with Crippen LogP contribution in [-0.4, -0.2) is 21.3 Å². The van der Waals surface area contributed by atoms with E-state index in [9.17, 15) is 4.79 Å². The van der Waals surface area contributed by atoms with E-state index in [-0.39, 0.29) is 6.61 Å². The average molecular weight is 303 g/mol. The number of nitrogens with one attached hydrogen (secondary N) is 1. The Balaban J connectivity index is 1.48. The fourth-order valence-electron chi connectivity index (χ4n) is 2.78. The van der Waals surface area contributed by atoms with E-state index in [2.05, 4.69) is 15.4 Å². The monoisotopic (exact) mass is 303 g/mol. The molecule has 2 aromatic rings. The number of hydrogen-bond donors (Lipinski definition) is 1. The number of carbonyl (C=O) groups is 1. The molecule has 4 rings (SSSR count). The number of aromatic amines is 1. The molecule has 7 nitrogen and oxygen atoms in total. The maximum Gasteiger partial charge on any atom is 0.359 e. The summed E-state index contributed by atoms with van der Waals surface area (Å²) in [7, 11) is 0. The molecule has 0 saturated heterocycles. The molecule has 1 aliphatic heterocycles. The first-order valence-corrected chi connectivity index (χ1v) is 7.38. The number of rotatable bonds is 4. The summed E-state index contributed by atoms with van der Waals surface area (Å²) >= 11 is 0. The number of carbonyl (C=O) groups excluding carboxylic acids is 1. The lowest BCUT2D eigenvalue weighted by atomic mass is 10.0. The second-order valence-corrected chi connectivity index (χ2v) is 6.30. The molecule has 2 aliphatic rings. The standard InChI is InChI=1S/C15H17N3O4/c1-15(2)13-10(7-21-15)12(16-17-13)14(19)20-5-9-6-22-18-11(9)8-3-4-8/h6,8H,3-5,7H2,1-2H3,(H,16,17). The molecule has 3 heterocycles. The van der Waals surface area contributed by atoms with Gasteiger partial charge in [-0.3, -0.25) is 5.10 Å². The van der Waals surface area contributed by atoms with E-state index in [4.69, 9.17) is 14.0 Å². The zero-order valence-corrected chi connectivity index (χ0v) is 12.5. The van der Waals surface area contributed by atoms with Crippen molar-refractivity contribution in [3.63, 3.8) is 0 Å². The molecule has 2 aromatic heterocycles. The highest BCUT2D eigenvalue weighted by Gasteiger charge is 2.37. The molecule has 0 atom stereocenters. The number of hydrogen-bond acceptors (Lipinski definition) is 6. The van der Waals surface area contributed by atoms with Crippen molar-refractivity contribution in [1.29, 1.82) is 0 Å². The maximum atomic E-state index is 12.3. The summed E-state index contributed by atoms with van der Waals surface area (Å²) in [4.78, 5) is 12.3. The highest BCUT2D eigenvalue weighted by Crippen LogP contribution is 2.41. The Kier molecular flexibility index (Phi) is 2.87. The van der Waals surface area contributed by atoms with Crippen molar-refractivity contribution in [2.75, 3.05) is 0 Å². The van der Waals surface area contributed by atoms with Crippen LogP contribution in [-0.2, 0) is 28.3 Å². The van der Waals surface area contributed by atoms with Gasteiger partial charge in [-0.15, -0.1) is 0 Å². The fraction of sp³-hybridized carbons (Fsp3) is 0.533. The zero-order chi connectivity index (χ0) is 15.3. The quantitative estimate of drug-likeness (QED) is 0.872. The highest BCUT2D eigenvalue weighted by molar-refractivity contribution is 5.89. The van der Waals surface area contributed by atoms with Crippen molar-refractivity contribution < 1.29 is 18.8 Å². The molecule has 1 N–H and O–H groups in total. The first-order valence-electron chi connectivity index (χ1n) is 7.38. The van der Waals surface area contributed by atoms with Crippen molar-refractivity contribution in [2.24, 2.45) is 0 Å². The van der Waals surface area contributed by atoms with Gasteiger partial charge in [0.05, 0.1) is 23.6 Å². The number of aromatic nitrogens is 3. The molecule has 7 heteroatoms. The maximum absolute atomic E-state index is 12.3. The van der Waals surface area contributed by atoms with Crippen molar-refractivity contribution >= 4 is 5.97 Å². The number of ether oxygens (including phenoxy) is 2. The zero-order valence-electron chi connectivity index (χ0n) is 12.5. The van der Waals surface area contributed by atoms with E-state index in [1.165, 1.54) is 0 Å². The van der Waals surface area contributed by atoms with E-state index in [1.807, 2.05) is 13.8 Å². The lowest BCUT2D eigenvalue weighted by Gasteiger charge is -2.15. The van der Waals surface area contributed by atoms with Gasteiger partial charge in [-0.05, 0) is 26.7 Å². The first-order chi connectivity index (χ1) is 10.6. The molecule has 0 spiro atoms. The molecule has 22 heavy (non-hydrogen) atoms. The van der Waals surface area contributed by atoms with Gasteiger partial charge in [-0.25, -0.2) is 4.79 Å². The third-order valence-electron chi connectivity index (χ3n) is 4.24. The van der Waals surface area contributed by atoms with Crippen LogP contribution in [0.25, 0.3) is 0 Å². The van der Waals surface area contributed by atoms with E-state index in [0.717, 1.165) is 35.4 Å². The van der Waals surface area contributed by atoms with Crippen LogP contribution >= 0.6 is 0 Å². The van der Waals surface area contributed by atoms with Gasteiger partial charge in [0.15, 0.2) is 5.69 Å². The van der Waals surface area contributed by atoms with Crippen molar-refractivity contribution in [1.82, 2.24) is 15.4 Å². The van der Waals surface area contributed by atoms with E-state index in [1.54, 1.807) is 6.26 Å². The van der Waals surface area contributed by atoms with Gasteiger partial charge in [-0.2, -0.15) is 5.10 Å². The molecule has 0 bridgehead atoms. The second-order valence-electron chi connectivity index (χ2n) is 6.30. The minimum absolute atomic E-state index is 0.153. The topological polar surface area (TPSA) is 90.2 Å². The Bertz CT molecular complexity index is 727. The summed E-state index contributed by atoms with van der Waals surface area (Å²) in [6.45, 7) is 4.39. The van der Waals surface area contributed by atoms with Crippen LogP contribution in [0.1, 0.15) is 65.6 Å². The Hall–Kier alpha value is -2.15. The van der Waals surface area contributed by atoms with Crippen LogP contribution in [0, 0.1) is 0 Å². The van der Waals surface area contributed by atoms with Gasteiger partial charge >= 0.3 is 5.97 Å². The Morgan fingerprint density at radius 2 is 2.32 bits per heavy atom. The van der Waals surface area contributed by atoms with E-state index >= 15 is 0 Å². The lowest BCUT2D eigenvalue weighted by Crippen LogP contribution is -2.15. The number of fused-ring (bicyclic) bond motifs is 1. The summed E-state index contributed by atoms with van der Waals surface area (Å²) in [5, 5.41) is 11.0. The number of nitrogens with zero attached hydrogens (tertiary/aromatic N) is 2. The third kappa shape index (κ3) is 2.12. The largest absolute Gasteiger partial charge is 0.456 e. The fourth-order valence-corrected chi connectivity index (χ4v) is 2.78. The van der Waals surface area contributed by atoms with Crippen LogP contribution in [0.5, 0.6) is 0 Å². The highest BCUT2D eigenvalue weighted by atomic mass is 16.5. The summed E-state index contributed by atoms with van der Waals surface area (Å²) in [6, 6.07) is 0.